The fourth-order valence-electron chi connectivity index (χ4n) is 3.25. The Kier molecular flexibility index (Phi) is 6.41. The number of hydrogen-bond donors (Lipinski definition) is 1. The Morgan fingerprint density at radius 2 is 1.66 bits per heavy atom. The summed E-state index contributed by atoms with van der Waals surface area (Å²) in [5, 5.41) is 19.1. The van der Waals surface area contributed by atoms with Crippen LogP contribution in [0.3, 0.4) is 0 Å². The van der Waals surface area contributed by atoms with Crippen molar-refractivity contribution in [2.45, 2.75) is 19.1 Å². The van der Waals surface area contributed by atoms with Crippen LogP contribution in [0.4, 0.5) is 0 Å². The third kappa shape index (κ3) is 4.75. The average molecular weight is 486 g/mol. The zero-order valence-corrected chi connectivity index (χ0v) is 19.4. The van der Waals surface area contributed by atoms with Gasteiger partial charge in [0.25, 0.3) is 5.22 Å². The van der Waals surface area contributed by atoms with E-state index in [4.69, 9.17) is 27.6 Å². The average Bonchev–Trinajstić information content (AvgIpc) is 3.33. The molecule has 0 aliphatic rings. The number of benzene rings is 2. The first-order valence-electron chi connectivity index (χ1n) is 9.49. The second kappa shape index (κ2) is 9.24. The molecule has 2 aromatic carbocycles. The summed E-state index contributed by atoms with van der Waals surface area (Å²) >= 11 is 12.8. The van der Waals surface area contributed by atoms with Crippen molar-refractivity contribution in [3.05, 3.63) is 86.5 Å². The third-order valence-electron chi connectivity index (χ3n) is 4.75. The number of aromatic nitrogens is 3. The van der Waals surface area contributed by atoms with Crippen molar-refractivity contribution in [2.75, 3.05) is 0 Å². The van der Waals surface area contributed by atoms with Gasteiger partial charge in [-0.3, -0.25) is 0 Å². The molecule has 2 heterocycles. The first kappa shape index (κ1) is 22.2. The van der Waals surface area contributed by atoms with E-state index in [9.17, 15) is 9.90 Å². The van der Waals surface area contributed by atoms with E-state index in [0.717, 1.165) is 34.4 Å². The van der Waals surface area contributed by atoms with Gasteiger partial charge in [0.15, 0.2) is 0 Å². The highest BCUT2D eigenvalue weighted by atomic mass is 35.5. The lowest BCUT2D eigenvalue weighted by atomic mass is 10.2. The van der Waals surface area contributed by atoms with Crippen LogP contribution >= 0.6 is 35.0 Å². The number of carboxylic acid groups (broad SMARTS) is 1. The summed E-state index contributed by atoms with van der Waals surface area (Å²) in [6, 6.07) is 16.3. The summed E-state index contributed by atoms with van der Waals surface area (Å²) in [5.74, 6) is -0.799. The van der Waals surface area contributed by atoms with E-state index in [2.05, 4.69) is 10.2 Å². The van der Waals surface area contributed by atoms with E-state index < -0.39 is 5.97 Å². The zero-order chi connectivity index (χ0) is 22.8. The smallest absolute Gasteiger partial charge is 0.342 e. The summed E-state index contributed by atoms with van der Waals surface area (Å²) in [4.78, 5) is 12.0. The summed E-state index contributed by atoms with van der Waals surface area (Å²) in [6.07, 6.45) is 1.61. The molecule has 9 heteroatoms. The first-order chi connectivity index (χ1) is 15.3. The Labute approximate surface area is 198 Å². The lowest BCUT2D eigenvalue weighted by Crippen LogP contribution is -1.99. The maximum Gasteiger partial charge on any atom is 0.342 e. The number of aliphatic carboxylic acids is 1. The molecule has 0 fully saturated rings. The van der Waals surface area contributed by atoms with Crippen molar-refractivity contribution in [2.24, 2.45) is 0 Å². The molecule has 32 heavy (non-hydrogen) atoms. The number of aryl methyl sites for hydroxylation is 1. The highest BCUT2D eigenvalue weighted by Crippen LogP contribution is 2.32. The van der Waals surface area contributed by atoms with Gasteiger partial charge in [0, 0.05) is 32.7 Å². The van der Waals surface area contributed by atoms with Crippen LogP contribution in [0.1, 0.15) is 17.0 Å². The van der Waals surface area contributed by atoms with E-state index in [1.165, 1.54) is 0 Å². The number of thioether (sulfide) groups is 1. The van der Waals surface area contributed by atoms with Gasteiger partial charge < -0.3 is 14.1 Å². The normalized spacial score (nSPS) is 11.7. The minimum atomic E-state index is -1.09. The fourth-order valence-corrected chi connectivity index (χ4v) is 4.17. The van der Waals surface area contributed by atoms with Crippen molar-refractivity contribution in [3.63, 3.8) is 0 Å². The highest BCUT2D eigenvalue weighted by Gasteiger charge is 2.18. The SMILES string of the molecule is Cc1cc(/C=C(\Sc2nnc(-c3ccc(Cl)cc3)o2)C(=O)O)c(C)n1-c1ccc(Cl)cc1. The third-order valence-corrected chi connectivity index (χ3v) is 6.10. The minimum absolute atomic E-state index is 0.0627. The van der Waals surface area contributed by atoms with Crippen molar-refractivity contribution >= 4 is 47.0 Å². The van der Waals surface area contributed by atoms with Gasteiger partial charge in [-0.25, -0.2) is 4.79 Å². The topological polar surface area (TPSA) is 81.2 Å². The quantitative estimate of drug-likeness (QED) is 0.242. The number of carbonyl (C=O) groups is 1. The Morgan fingerprint density at radius 3 is 2.28 bits per heavy atom. The molecule has 0 unspecified atom stereocenters. The van der Waals surface area contributed by atoms with Crippen LogP contribution in [0.5, 0.6) is 0 Å². The molecule has 0 radical (unpaired) electrons. The molecular weight excluding hydrogens is 469 g/mol. The molecule has 1 N–H and O–H groups in total. The Bertz CT molecular complexity index is 1310. The summed E-state index contributed by atoms with van der Waals surface area (Å²) in [6.45, 7) is 3.89. The van der Waals surface area contributed by atoms with Gasteiger partial charge in [-0.05, 0) is 91.8 Å². The molecule has 0 saturated heterocycles. The monoisotopic (exact) mass is 485 g/mol. The minimum Gasteiger partial charge on any atom is -0.477 e. The van der Waals surface area contributed by atoms with E-state index in [0.29, 0.717) is 15.6 Å². The van der Waals surface area contributed by atoms with Crippen molar-refractivity contribution in [3.8, 4) is 17.1 Å². The fraction of sp³-hybridized carbons (Fsp3) is 0.0870. The molecule has 4 aromatic rings. The largest absolute Gasteiger partial charge is 0.477 e. The molecule has 4 rings (SSSR count). The number of nitrogens with zero attached hydrogens (tertiary/aromatic N) is 3. The van der Waals surface area contributed by atoms with Crippen LogP contribution in [-0.4, -0.2) is 25.8 Å². The van der Waals surface area contributed by atoms with Crippen LogP contribution < -0.4 is 0 Å². The van der Waals surface area contributed by atoms with Crippen LogP contribution in [0, 0.1) is 13.8 Å². The molecule has 0 bridgehead atoms. The van der Waals surface area contributed by atoms with Crippen LogP contribution in [0.2, 0.25) is 10.0 Å². The number of rotatable bonds is 6. The Hall–Kier alpha value is -3.00. The van der Waals surface area contributed by atoms with Crippen LogP contribution in [0.25, 0.3) is 23.2 Å². The van der Waals surface area contributed by atoms with Crippen LogP contribution in [-0.2, 0) is 4.79 Å². The molecule has 0 atom stereocenters. The Balaban J connectivity index is 1.63. The summed E-state index contributed by atoms with van der Waals surface area (Å²) in [5.41, 5.74) is 4.28. The lowest BCUT2D eigenvalue weighted by Gasteiger charge is -2.09. The first-order valence-corrected chi connectivity index (χ1v) is 11.1. The van der Waals surface area contributed by atoms with Crippen molar-refractivity contribution < 1.29 is 14.3 Å². The van der Waals surface area contributed by atoms with Gasteiger partial charge in [-0.15, -0.1) is 10.2 Å². The number of carboxylic acids is 1. The molecule has 6 nitrogen and oxygen atoms in total. The molecule has 0 aliphatic carbocycles. The highest BCUT2D eigenvalue weighted by molar-refractivity contribution is 8.03. The van der Waals surface area contributed by atoms with E-state index in [-0.39, 0.29) is 16.0 Å². The van der Waals surface area contributed by atoms with Gasteiger partial charge in [0.05, 0.1) is 0 Å². The Morgan fingerprint density at radius 1 is 1.03 bits per heavy atom. The standard InChI is InChI=1S/C23H17Cl2N3O3S/c1-13-11-16(14(2)28(13)19-9-7-18(25)8-10-19)12-20(22(29)30)32-23-27-26-21(31-23)15-3-5-17(24)6-4-15/h3-12H,1-2H3,(H,29,30)/b20-12-. The maximum atomic E-state index is 11.9. The predicted molar refractivity (Wildman–Crippen MR) is 126 cm³/mol. The summed E-state index contributed by atoms with van der Waals surface area (Å²) in [7, 11) is 0. The second-order valence-electron chi connectivity index (χ2n) is 6.93. The van der Waals surface area contributed by atoms with Crippen molar-refractivity contribution in [1.29, 1.82) is 0 Å². The molecule has 0 aliphatic heterocycles. The van der Waals surface area contributed by atoms with Gasteiger partial charge >= 0.3 is 5.97 Å². The molecular formula is C23H17Cl2N3O3S. The number of hydrogen-bond acceptors (Lipinski definition) is 5. The number of halogens is 2. The lowest BCUT2D eigenvalue weighted by molar-refractivity contribution is -0.131. The molecule has 0 spiro atoms. The second-order valence-corrected chi connectivity index (χ2v) is 8.80. The molecule has 0 saturated carbocycles. The van der Waals surface area contributed by atoms with Gasteiger partial charge in [0.2, 0.25) is 5.89 Å². The zero-order valence-electron chi connectivity index (χ0n) is 17.0. The van der Waals surface area contributed by atoms with Gasteiger partial charge in [0.1, 0.15) is 4.91 Å². The molecule has 0 amide bonds. The van der Waals surface area contributed by atoms with E-state index in [1.807, 2.05) is 48.7 Å². The van der Waals surface area contributed by atoms with Gasteiger partial charge in [-0.2, -0.15) is 0 Å². The predicted octanol–water partition coefficient (Wildman–Crippen LogP) is 6.67. The maximum absolute atomic E-state index is 11.9. The van der Waals surface area contributed by atoms with E-state index >= 15 is 0 Å². The van der Waals surface area contributed by atoms with Gasteiger partial charge in [-0.1, -0.05) is 23.2 Å². The molecule has 2 aromatic heterocycles. The molecule has 162 valence electrons. The van der Waals surface area contributed by atoms with Crippen LogP contribution in [0.15, 0.2) is 69.1 Å². The van der Waals surface area contributed by atoms with Crippen molar-refractivity contribution in [1.82, 2.24) is 14.8 Å². The summed E-state index contributed by atoms with van der Waals surface area (Å²) < 4.78 is 7.68. The van der Waals surface area contributed by atoms with E-state index in [1.54, 1.807) is 30.3 Å².